The Hall–Kier alpha value is -4.60. The van der Waals surface area contributed by atoms with E-state index in [-0.39, 0.29) is 29.2 Å². The van der Waals surface area contributed by atoms with Crippen molar-refractivity contribution >= 4 is 23.1 Å². The second-order valence-electron chi connectivity index (χ2n) is 8.18. The van der Waals surface area contributed by atoms with Crippen molar-refractivity contribution in [2.75, 3.05) is 32.8 Å². The summed E-state index contributed by atoms with van der Waals surface area (Å²) >= 11 is 0. The minimum atomic E-state index is -1.28. The number of aliphatic hydroxyl groups is 1. The summed E-state index contributed by atoms with van der Waals surface area (Å²) in [7, 11) is 4.30. The molecular formula is C28H25F2NO7. The summed E-state index contributed by atoms with van der Waals surface area (Å²) in [5, 5.41) is 11.3. The summed E-state index contributed by atoms with van der Waals surface area (Å²) < 4.78 is 50.2. The van der Waals surface area contributed by atoms with Gasteiger partial charge in [-0.2, -0.15) is 0 Å². The van der Waals surface area contributed by atoms with Crippen LogP contribution >= 0.6 is 0 Å². The van der Waals surface area contributed by atoms with Gasteiger partial charge in [0.2, 0.25) is 0 Å². The number of benzene rings is 3. The van der Waals surface area contributed by atoms with Crippen LogP contribution in [0.5, 0.6) is 23.0 Å². The average Bonchev–Trinajstić information content (AvgIpc) is 3.18. The molecule has 3 aromatic rings. The van der Waals surface area contributed by atoms with Crippen LogP contribution in [0.15, 0.2) is 60.2 Å². The standard InChI is InChI=1S/C28H25F2NO7/c1-5-38-23-12-15(6-10-21(23)36-3)25-24(26(32)16-7-11-20(35-2)22(13-16)37-4)27(33)28(34)31(25)19-9-8-17(29)14-18(19)30/h6-14,25,32H,5H2,1-4H3/b26-24+. The number of rotatable bonds is 8. The zero-order valence-electron chi connectivity index (χ0n) is 21.1. The van der Waals surface area contributed by atoms with Gasteiger partial charge < -0.3 is 24.1 Å². The summed E-state index contributed by atoms with van der Waals surface area (Å²) in [6.45, 7) is 2.06. The van der Waals surface area contributed by atoms with Crippen molar-refractivity contribution < 1.29 is 42.4 Å². The van der Waals surface area contributed by atoms with Gasteiger partial charge in [0, 0.05) is 11.6 Å². The lowest BCUT2D eigenvalue weighted by Crippen LogP contribution is -2.30. The SMILES string of the molecule is CCOc1cc(C2/C(=C(\O)c3ccc(OC)c(OC)c3)C(=O)C(=O)N2c2ccc(F)cc2F)ccc1OC. The molecule has 8 nitrogen and oxygen atoms in total. The maximum absolute atomic E-state index is 14.9. The number of carbonyl (C=O) groups excluding carboxylic acids is 2. The number of Topliss-reactive ketones (excluding diaryl/α,β-unsaturated/α-hetero) is 1. The number of nitrogens with zero attached hydrogens (tertiary/aromatic N) is 1. The zero-order valence-corrected chi connectivity index (χ0v) is 21.1. The molecule has 198 valence electrons. The number of hydrogen-bond donors (Lipinski definition) is 1. The highest BCUT2D eigenvalue weighted by molar-refractivity contribution is 6.51. The molecule has 38 heavy (non-hydrogen) atoms. The molecule has 4 rings (SSSR count). The van der Waals surface area contributed by atoms with Gasteiger partial charge in [0.05, 0.1) is 45.2 Å². The fraction of sp³-hybridized carbons (Fsp3) is 0.214. The molecule has 0 bridgehead atoms. The third kappa shape index (κ3) is 4.60. The Kier molecular flexibility index (Phi) is 7.52. The van der Waals surface area contributed by atoms with E-state index in [0.29, 0.717) is 28.9 Å². The highest BCUT2D eigenvalue weighted by Gasteiger charge is 2.48. The van der Waals surface area contributed by atoms with Crippen LogP contribution in [0.3, 0.4) is 0 Å². The summed E-state index contributed by atoms with van der Waals surface area (Å²) in [5.74, 6) is -3.23. The van der Waals surface area contributed by atoms with Gasteiger partial charge >= 0.3 is 0 Å². The second kappa shape index (κ2) is 10.8. The maximum atomic E-state index is 14.9. The molecule has 1 aliphatic rings. The Labute approximate surface area is 217 Å². The number of methoxy groups -OCH3 is 3. The molecular weight excluding hydrogens is 500 g/mol. The Bertz CT molecular complexity index is 1440. The molecule has 0 radical (unpaired) electrons. The van der Waals surface area contributed by atoms with Crippen LogP contribution in [0.2, 0.25) is 0 Å². The number of carbonyl (C=O) groups is 2. The molecule has 1 atom stereocenters. The van der Waals surface area contributed by atoms with Crippen LogP contribution in [0.4, 0.5) is 14.5 Å². The van der Waals surface area contributed by atoms with Gasteiger partial charge in [-0.3, -0.25) is 14.5 Å². The molecule has 1 fully saturated rings. The first-order valence-corrected chi connectivity index (χ1v) is 11.5. The van der Waals surface area contributed by atoms with Gasteiger partial charge in [-0.15, -0.1) is 0 Å². The fourth-order valence-electron chi connectivity index (χ4n) is 4.34. The van der Waals surface area contributed by atoms with Crippen molar-refractivity contribution in [1.82, 2.24) is 0 Å². The lowest BCUT2D eigenvalue weighted by atomic mass is 9.94. The third-order valence-corrected chi connectivity index (χ3v) is 6.07. The molecule has 0 spiro atoms. The number of hydrogen-bond acceptors (Lipinski definition) is 7. The Morgan fingerprint density at radius 2 is 1.53 bits per heavy atom. The van der Waals surface area contributed by atoms with Crippen LogP contribution in [0, 0.1) is 11.6 Å². The van der Waals surface area contributed by atoms with Gasteiger partial charge in [-0.05, 0) is 55.0 Å². The van der Waals surface area contributed by atoms with Gasteiger partial charge in [-0.1, -0.05) is 6.07 Å². The van der Waals surface area contributed by atoms with Crippen molar-refractivity contribution in [2.45, 2.75) is 13.0 Å². The molecule has 0 saturated carbocycles. The van der Waals surface area contributed by atoms with E-state index in [4.69, 9.17) is 18.9 Å². The molecule has 10 heteroatoms. The molecule has 0 aromatic heterocycles. The predicted molar refractivity (Wildman–Crippen MR) is 135 cm³/mol. The lowest BCUT2D eigenvalue weighted by molar-refractivity contribution is -0.132. The van der Waals surface area contributed by atoms with Crippen molar-refractivity contribution in [3.63, 3.8) is 0 Å². The van der Waals surface area contributed by atoms with Crippen LogP contribution in [0.25, 0.3) is 5.76 Å². The summed E-state index contributed by atoms with van der Waals surface area (Å²) in [4.78, 5) is 27.5. The molecule has 1 amide bonds. The summed E-state index contributed by atoms with van der Waals surface area (Å²) in [5.41, 5.74) is -0.167. The van der Waals surface area contributed by atoms with Gasteiger partial charge in [0.1, 0.15) is 17.4 Å². The van der Waals surface area contributed by atoms with Crippen LogP contribution in [-0.4, -0.2) is 44.7 Å². The fourth-order valence-corrected chi connectivity index (χ4v) is 4.34. The molecule has 1 N–H and O–H groups in total. The molecule has 0 aliphatic carbocycles. The van der Waals surface area contributed by atoms with E-state index in [1.54, 1.807) is 19.1 Å². The van der Waals surface area contributed by atoms with E-state index in [1.807, 2.05) is 0 Å². The molecule has 1 aliphatic heterocycles. The first-order valence-electron chi connectivity index (χ1n) is 11.5. The lowest BCUT2D eigenvalue weighted by Gasteiger charge is -2.26. The summed E-state index contributed by atoms with van der Waals surface area (Å²) in [6, 6.07) is 10.5. The number of anilines is 1. The zero-order chi connectivity index (χ0) is 27.6. The quantitative estimate of drug-likeness (QED) is 0.251. The first-order chi connectivity index (χ1) is 18.2. The molecule has 1 saturated heterocycles. The molecule has 1 unspecified atom stereocenters. The number of amides is 1. The van der Waals surface area contributed by atoms with Gasteiger partial charge in [0.15, 0.2) is 23.0 Å². The average molecular weight is 526 g/mol. The van der Waals surface area contributed by atoms with E-state index in [0.717, 1.165) is 17.0 Å². The smallest absolute Gasteiger partial charge is 0.300 e. The monoisotopic (exact) mass is 525 g/mol. The largest absolute Gasteiger partial charge is 0.507 e. The normalized spacial score (nSPS) is 16.5. The van der Waals surface area contributed by atoms with E-state index in [2.05, 4.69) is 0 Å². The maximum Gasteiger partial charge on any atom is 0.300 e. The van der Waals surface area contributed by atoms with Crippen molar-refractivity contribution in [3.8, 4) is 23.0 Å². The highest BCUT2D eigenvalue weighted by atomic mass is 19.1. The van der Waals surface area contributed by atoms with Crippen LogP contribution in [0.1, 0.15) is 24.1 Å². The van der Waals surface area contributed by atoms with Crippen molar-refractivity contribution in [2.24, 2.45) is 0 Å². The van der Waals surface area contributed by atoms with Gasteiger partial charge in [0.25, 0.3) is 11.7 Å². The van der Waals surface area contributed by atoms with Crippen LogP contribution in [-0.2, 0) is 9.59 Å². The van der Waals surface area contributed by atoms with E-state index >= 15 is 0 Å². The first kappa shape index (κ1) is 26.5. The van der Waals surface area contributed by atoms with E-state index in [9.17, 15) is 23.5 Å². The van der Waals surface area contributed by atoms with Crippen LogP contribution < -0.4 is 23.8 Å². The third-order valence-electron chi connectivity index (χ3n) is 6.07. The number of halogens is 2. The second-order valence-corrected chi connectivity index (χ2v) is 8.18. The molecule has 3 aromatic carbocycles. The van der Waals surface area contributed by atoms with Crippen molar-refractivity contribution in [3.05, 3.63) is 82.9 Å². The summed E-state index contributed by atoms with van der Waals surface area (Å²) in [6.07, 6.45) is 0. The van der Waals surface area contributed by atoms with Crippen molar-refractivity contribution in [1.29, 1.82) is 0 Å². The number of ketones is 1. The predicted octanol–water partition coefficient (Wildman–Crippen LogP) is 5.02. The Morgan fingerprint density at radius 3 is 2.16 bits per heavy atom. The minimum Gasteiger partial charge on any atom is -0.507 e. The Balaban J connectivity index is 1.99. The molecule has 1 heterocycles. The Morgan fingerprint density at radius 1 is 0.868 bits per heavy atom. The number of ether oxygens (including phenoxy) is 4. The van der Waals surface area contributed by atoms with E-state index < -0.39 is 35.1 Å². The minimum absolute atomic E-state index is 0.156. The van der Waals surface area contributed by atoms with Gasteiger partial charge in [-0.25, -0.2) is 8.78 Å². The number of aliphatic hydroxyl groups excluding tert-OH is 1. The topological polar surface area (TPSA) is 94.5 Å². The highest BCUT2D eigenvalue weighted by Crippen LogP contribution is 2.45. The van der Waals surface area contributed by atoms with E-state index in [1.165, 1.54) is 45.6 Å².